The van der Waals surface area contributed by atoms with Crippen molar-refractivity contribution in [2.24, 2.45) is 0 Å². The minimum absolute atomic E-state index is 0.0991. The third kappa shape index (κ3) is 3.58. The Bertz CT molecular complexity index is 669. The standard InChI is InChI=1S/C13H18N4O2S2/c1-10(7-11-5-4-6-20-11)17(3)21(18,19)12-8-15-13(14-2)16-9-12/h4-6,8-10H,7H2,1-3H3,(H,14,15,16). The van der Waals surface area contributed by atoms with Crippen LogP contribution in [0, 0.1) is 0 Å². The van der Waals surface area contributed by atoms with E-state index in [0.29, 0.717) is 12.4 Å². The Balaban J connectivity index is 2.16. The maximum Gasteiger partial charge on any atom is 0.246 e. The van der Waals surface area contributed by atoms with Crippen LogP contribution in [0.4, 0.5) is 5.95 Å². The Morgan fingerprint density at radius 3 is 2.57 bits per heavy atom. The second-order valence-electron chi connectivity index (χ2n) is 4.65. The van der Waals surface area contributed by atoms with Crippen LogP contribution in [-0.2, 0) is 16.4 Å². The zero-order valence-electron chi connectivity index (χ0n) is 12.1. The van der Waals surface area contributed by atoms with Gasteiger partial charge in [0.1, 0.15) is 4.90 Å². The lowest BCUT2D eigenvalue weighted by atomic mass is 10.2. The lowest BCUT2D eigenvalue weighted by molar-refractivity contribution is 0.388. The smallest absolute Gasteiger partial charge is 0.246 e. The van der Waals surface area contributed by atoms with E-state index in [9.17, 15) is 8.42 Å². The van der Waals surface area contributed by atoms with Crippen molar-refractivity contribution >= 4 is 27.3 Å². The van der Waals surface area contributed by atoms with Crippen LogP contribution >= 0.6 is 11.3 Å². The number of likely N-dealkylation sites (N-methyl/N-ethyl adjacent to an activating group) is 1. The highest BCUT2D eigenvalue weighted by atomic mass is 32.2. The number of nitrogens with zero attached hydrogens (tertiary/aromatic N) is 3. The summed E-state index contributed by atoms with van der Waals surface area (Å²) in [7, 11) is -0.319. The van der Waals surface area contributed by atoms with Crippen LogP contribution in [0.25, 0.3) is 0 Å². The molecule has 0 aliphatic rings. The molecule has 0 aromatic carbocycles. The van der Waals surface area contributed by atoms with E-state index < -0.39 is 10.0 Å². The Hall–Kier alpha value is -1.51. The topological polar surface area (TPSA) is 75.2 Å². The Morgan fingerprint density at radius 2 is 2.05 bits per heavy atom. The third-order valence-corrected chi connectivity index (χ3v) is 6.05. The molecule has 6 nitrogen and oxygen atoms in total. The number of hydrogen-bond acceptors (Lipinski definition) is 6. The van der Waals surface area contributed by atoms with Gasteiger partial charge in [-0.15, -0.1) is 11.3 Å². The van der Waals surface area contributed by atoms with Gasteiger partial charge in [0.2, 0.25) is 16.0 Å². The summed E-state index contributed by atoms with van der Waals surface area (Å²) in [5.74, 6) is 0.392. The second kappa shape index (κ2) is 6.50. The molecule has 114 valence electrons. The van der Waals surface area contributed by atoms with Gasteiger partial charge in [-0.05, 0) is 24.8 Å². The van der Waals surface area contributed by atoms with Crippen LogP contribution in [-0.4, -0.2) is 42.8 Å². The molecule has 1 atom stereocenters. The molecule has 21 heavy (non-hydrogen) atoms. The van der Waals surface area contributed by atoms with E-state index in [1.807, 2.05) is 24.4 Å². The first kappa shape index (κ1) is 15.9. The van der Waals surface area contributed by atoms with Crippen LogP contribution in [0.2, 0.25) is 0 Å². The quantitative estimate of drug-likeness (QED) is 0.876. The van der Waals surface area contributed by atoms with Crippen LogP contribution in [0.15, 0.2) is 34.8 Å². The molecule has 1 unspecified atom stereocenters. The van der Waals surface area contributed by atoms with Gasteiger partial charge in [-0.1, -0.05) is 6.07 Å². The van der Waals surface area contributed by atoms with E-state index in [1.165, 1.54) is 16.7 Å². The summed E-state index contributed by atoms with van der Waals surface area (Å²) in [5.41, 5.74) is 0. The fourth-order valence-electron chi connectivity index (χ4n) is 1.83. The molecular formula is C13H18N4O2S2. The maximum absolute atomic E-state index is 12.5. The van der Waals surface area contributed by atoms with Gasteiger partial charge >= 0.3 is 0 Å². The first-order valence-corrected chi connectivity index (χ1v) is 8.77. The molecule has 2 rings (SSSR count). The molecule has 0 saturated heterocycles. The SMILES string of the molecule is CNc1ncc(S(=O)(=O)N(C)C(C)Cc2cccs2)cn1. The van der Waals surface area contributed by atoms with Crippen molar-refractivity contribution in [3.63, 3.8) is 0 Å². The predicted octanol–water partition coefficient (Wildman–Crippen LogP) is 1.83. The van der Waals surface area contributed by atoms with Gasteiger partial charge in [0.05, 0.1) is 12.4 Å². The summed E-state index contributed by atoms with van der Waals surface area (Å²) < 4.78 is 26.4. The molecule has 1 N–H and O–H groups in total. The first-order chi connectivity index (χ1) is 9.95. The maximum atomic E-state index is 12.5. The highest BCUT2D eigenvalue weighted by Crippen LogP contribution is 2.19. The molecule has 0 spiro atoms. The molecule has 0 fully saturated rings. The van der Waals surface area contributed by atoms with Crippen LogP contribution in [0.5, 0.6) is 0 Å². The molecular weight excluding hydrogens is 308 g/mol. The minimum atomic E-state index is -3.58. The van der Waals surface area contributed by atoms with Crippen molar-refractivity contribution in [3.05, 3.63) is 34.8 Å². The molecule has 0 bridgehead atoms. The van der Waals surface area contributed by atoms with Gasteiger partial charge in [-0.3, -0.25) is 0 Å². The first-order valence-electron chi connectivity index (χ1n) is 6.45. The van der Waals surface area contributed by atoms with E-state index in [2.05, 4.69) is 15.3 Å². The number of hydrogen-bond donors (Lipinski definition) is 1. The zero-order valence-corrected chi connectivity index (χ0v) is 13.8. The number of sulfonamides is 1. The summed E-state index contributed by atoms with van der Waals surface area (Å²) in [6, 6.07) is 3.83. The highest BCUT2D eigenvalue weighted by molar-refractivity contribution is 7.89. The van der Waals surface area contributed by atoms with Crippen LogP contribution < -0.4 is 5.32 Å². The summed E-state index contributed by atoms with van der Waals surface area (Å²) in [4.78, 5) is 9.17. The van der Waals surface area contributed by atoms with Crippen molar-refractivity contribution in [3.8, 4) is 0 Å². The van der Waals surface area contributed by atoms with Crippen LogP contribution in [0.3, 0.4) is 0 Å². The fraction of sp³-hybridized carbons (Fsp3) is 0.385. The van der Waals surface area contributed by atoms with Gasteiger partial charge in [-0.25, -0.2) is 18.4 Å². The zero-order chi connectivity index (χ0) is 15.5. The Morgan fingerprint density at radius 1 is 1.38 bits per heavy atom. The Kier molecular flexibility index (Phi) is 4.92. The molecule has 0 saturated carbocycles. The molecule has 0 amide bonds. The fourth-order valence-corrected chi connectivity index (χ4v) is 3.91. The van der Waals surface area contributed by atoms with Gasteiger partial charge in [0, 0.05) is 25.0 Å². The van der Waals surface area contributed by atoms with E-state index in [-0.39, 0.29) is 10.9 Å². The summed E-state index contributed by atoms with van der Waals surface area (Å²) in [5, 5.41) is 4.75. The summed E-state index contributed by atoms with van der Waals surface area (Å²) >= 11 is 1.63. The lowest BCUT2D eigenvalue weighted by Crippen LogP contribution is -2.36. The average molecular weight is 326 g/mol. The molecule has 2 aromatic heterocycles. The molecule has 0 aliphatic heterocycles. The molecule has 0 radical (unpaired) electrons. The number of thiophene rings is 1. The number of rotatable bonds is 6. The monoisotopic (exact) mass is 326 g/mol. The average Bonchev–Trinajstić information content (AvgIpc) is 2.99. The Labute approximate surface area is 128 Å². The molecule has 2 heterocycles. The second-order valence-corrected chi connectivity index (χ2v) is 7.68. The number of aromatic nitrogens is 2. The number of anilines is 1. The molecule has 8 heteroatoms. The van der Waals surface area contributed by atoms with Gasteiger partial charge in [-0.2, -0.15) is 4.31 Å². The third-order valence-electron chi connectivity index (χ3n) is 3.23. The van der Waals surface area contributed by atoms with Crippen LogP contribution in [0.1, 0.15) is 11.8 Å². The largest absolute Gasteiger partial charge is 0.357 e. The van der Waals surface area contributed by atoms with Gasteiger partial charge < -0.3 is 5.32 Å². The normalized spacial score (nSPS) is 13.3. The summed E-state index contributed by atoms with van der Waals surface area (Å²) in [6.07, 6.45) is 3.33. The number of nitrogens with one attached hydrogen (secondary N) is 1. The molecule has 2 aromatic rings. The van der Waals surface area contributed by atoms with Gasteiger partial charge in [0.15, 0.2) is 0 Å². The van der Waals surface area contributed by atoms with E-state index >= 15 is 0 Å². The predicted molar refractivity (Wildman–Crippen MR) is 84.0 cm³/mol. The molecule has 0 aliphatic carbocycles. The van der Waals surface area contributed by atoms with Crippen molar-refractivity contribution in [2.75, 3.05) is 19.4 Å². The van der Waals surface area contributed by atoms with Crippen molar-refractivity contribution in [1.29, 1.82) is 0 Å². The van der Waals surface area contributed by atoms with Crippen molar-refractivity contribution < 1.29 is 8.42 Å². The lowest BCUT2D eigenvalue weighted by Gasteiger charge is -2.23. The van der Waals surface area contributed by atoms with E-state index in [4.69, 9.17) is 0 Å². The van der Waals surface area contributed by atoms with Gasteiger partial charge in [0.25, 0.3) is 0 Å². The van der Waals surface area contributed by atoms with E-state index in [1.54, 1.807) is 25.4 Å². The van der Waals surface area contributed by atoms with Crippen molar-refractivity contribution in [2.45, 2.75) is 24.3 Å². The van der Waals surface area contributed by atoms with Crippen molar-refractivity contribution in [1.82, 2.24) is 14.3 Å². The summed E-state index contributed by atoms with van der Waals surface area (Å²) in [6.45, 7) is 1.89. The van der Waals surface area contributed by atoms with E-state index in [0.717, 1.165) is 4.88 Å². The minimum Gasteiger partial charge on any atom is -0.357 e. The highest BCUT2D eigenvalue weighted by Gasteiger charge is 2.26.